The van der Waals surface area contributed by atoms with Gasteiger partial charge in [0, 0.05) is 30.4 Å². The first-order valence-corrected chi connectivity index (χ1v) is 11.4. The molecule has 0 radical (unpaired) electrons. The molecule has 1 N–H and O–H groups in total. The third-order valence-corrected chi connectivity index (χ3v) is 6.75. The molecule has 1 aliphatic rings. The second kappa shape index (κ2) is 10.2. The van der Waals surface area contributed by atoms with E-state index in [1.165, 1.54) is 46.8 Å². The Kier molecular flexibility index (Phi) is 7.66. The Morgan fingerprint density at radius 3 is 2.71 bits per heavy atom. The van der Waals surface area contributed by atoms with Crippen LogP contribution < -0.4 is 10.1 Å². The number of rotatable bonds is 7. The van der Waals surface area contributed by atoms with Gasteiger partial charge in [-0.1, -0.05) is 17.7 Å². The molecule has 0 bridgehead atoms. The van der Waals surface area contributed by atoms with Gasteiger partial charge in [-0.25, -0.2) is 12.8 Å². The highest BCUT2D eigenvalue weighted by Crippen LogP contribution is 2.30. The number of anilines is 1. The fourth-order valence-electron chi connectivity index (χ4n) is 3.00. The highest BCUT2D eigenvalue weighted by Gasteiger charge is 2.29. The molecule has 0 aliphatic carbocycles. The highest BCUT2D eigenvalue weighted by atomic mass is 35.5. The van der Waals surface area contributed by atoms with E-state index in [0.29, 0.717) is 13.2 Å². The minimum absolute atomic E-state index is 0.0461. The first kappa shape index (κ1) is 23.2. The van der Waals surface area contributed by atoms with Crippen molar-refractivity contribution < 1.29 is 27.1 Å². The van der Waals surface area contributed by atoms with Crippen LogP contribution in [0.1, 0.15) is 12.5 Å². The van der Waals surface area contributed by atoms with Gasteiger partial charge in [-0.05, 0) is 43.3 Å². The number of halogens is 2. The smallest absolute Gasteiger partial charge is 0.248 e. The van der Waals surface area contributed by atoms with Gasteiger partial charge in [-0.2, -0.15) is 4.31 Å². The molecule has 0 saturated carbocycles. The summed E-state index contributed by atoms with van der Waals surface area (Å²) in [6, 6.07) is 8.58. The summed E-state index contributed by atoms with van der Waals surface area (Å²) >= 11 is 5.95. The number of carbonyl (C=O) groups excluding carboxylic acids is 1. The predicted octanol–water partition coefficient (Wildman–Crippen LogP) is 3.55. The van der Waals surface area contributed by atoms with Crippen LogP contribution in [0.5, 0.6) is 5.75 Å². The molecule has 2 aromatic rings. The molecule has 2 aromatic carbocycles. The summed E-state index contributed by atoms with van der Waals surface area (Å²) in [5.41, 5.74) is 0.339. The van der Waals surface area contributed by atoms with Crippen LogP contribution in [0.25, 0.3) is 6.08 Å². The number of amides is 1. The number of benzene rings is 2. The van der Waals surface area contributed by atoms with Crippen LogP contribution in [0, 0.1) is 5.82 Å². The van der Waals surface area contributed by atoms with Crippen molar-refractivity contribution in [3.63, 3.8) is 0 Å². The summed E-state index contributed by atoms with van der Waals surface area (Å²) in [4.78, 5) is 12.3. The van der Waals surface area contributed by atoms with Crippen molar-refractivity contribution in [1.82, 2.24) is 4.31 Å². The van der Waals surface area contributed by atoms with Crippen molar-refractivity contribution in [2.45, 2.75) is 11.8 Å². The average molecular weight is 469 g/mol. The van der Waals surface area contributed by atoms with Gasteiger partial charge in [-0.15, -0.1) is 0 Å². The van der Waals surface area contributed by atoms with Crippen LogP contribution in [0.15, 0.2) is 47.4 Å². The van der Waals surface area contributed by atoms with Gasteiger partial charge in [0.2, 0.25) is 15.9 Å². The Bertz CT molecular complexity index is 1060. The van der Waals surface area contributed by atoms with Gasteiger partial charge < -0.3 is 14.8 Å². The first-order valence-electron chi connectivity index (χ1n) is 9.60. The molecule has 1 fully saturated rings. The number of sulfonamides is 1. The van der Waals surface area contributed by atoms with E-state index in [4.69, 9.17) is 21.1 Å². The van der Waals surface area contributed by atoms with E-state index in [-0.39, 0.29) is 46.6 Å². The molecule has 0 spiro atoms. The Hall–Kier alpha value is -2.46. The second-order valence-corrected chi connectivity index (χ2v) is 8.88. The number of carbonyl (C=O) groups is 1. The summed E-state index contributed by atoms with van der Waals surface area (Å²) in [6.45, 7) is 3.11. The number of hydrogen-bond donors (Lipinski definition) is 1. The van der Waals surface area contributed by atoms with Gasteiger partial charge in [0.05, 0.1) is 24.8 Å². The van der Waals surface area contributed by atoms with Crippen molar-refractivity contribution >= 4 is 39.3 Å². The maximum atomic E-state index is 13.8. The molecule has 3 rings (SSSR count). The Labute approximate surface area is 185 Å². The Balaban J connectivity index is 1.84. The standard InChI is InChI=1S/C21H22ClFN2O5S/c1-2-30-19-8-6-15(14-20(19)31(27,28)25-10-12-29-13-11-25)24-21(26)9-7-16-17(22)4-3-5-18(16)23/h3-9,14H,2,10-13H2,1H3,(H,24,26)/b9-7+. The van der Waals surface area contributed by atoms with Crippen LogP contribution in [0.2, 0.25) is 5.02 Å². The van der Waals surface area contributed by atoms with Crippen molar-refractivity contribution in [2.75, 3.05) is 38.2 Å². The van der Waals surface area contributed by atoms with Gasteiger partial charge in [0.25, 0.3) is 0 Å². The highest BCUT2D eigenvalue weighted by molar-refractivity contribution is 7.89. The van der Waals surface area contributed by atoms with Gasteiger partial charge >= 0.3 is 0 Å². The molecule has 10 heteroatoms. The van der Waals surface area contributed by atoms with E-state index in [1.807, 2.05) is 0 Å². The van der Waals surface area contributed by atoms with E-state index in [1.54, 1.807) is 6.92 Å². The Morgan fingerprint density at radius 2 is 2.03 bits per heavy atom. The lowest BCUT2D eigenvalue weighted by Crippen LogP contribution is -2.40. The fraction of sp³-hybridized carbons (Fsp3) is 0.286. The van der Waals surface area contributed by atoms with Crippen LogP contribution in [-0.4, -0.2) is 51.5 Å². The number of ether oxygens (including phenoxy) is 2. The number of hydrogen-bond acceptors (Lipinski definition) is 5. The zero-order chi connectivity index (χ0) is 22.4. The summed E-state index contributed by atoms with van der Waals surface area (Å²) in [6.07, 6.45) is 2.38. The van der Waals surface area contributed by atoms with E-state index in [9.17, 15) is 17.6 Å². The van der Waals surface area contributed by atoms with Crippen LogP contribution in [-0.2, 0) is 19.6 Å². The maximum Gasteiger partial charge on any atom is 0.248 e. The van der Waals surface area contributed by atoms with E-state index >= 15 is 0 Å². The zero-order valence-electron chi connectivity index (χ0n) is 16.8. The lowest BCUT2D eigenvalue weighted by Gasteiger charge is -2.27. The quantitative estimate of drug-likeness (QED) is 0.628. The van der Waals surface area contributed by atoms with E-state index < -0.39 is 21.7 Å². The lowest BCUT2D eigenvalue weighted by atomic mass is 10.2. The molecule has 1 aliphatic heterocycles. The molecule has 31 heavy (non-hydrogen) atoms. The van der Waals surface area contributed by atoms with Gasteiger partial charge in [0.15, 0.2) is 0 Å². The minimum Gasteiger partial charge on any atom is -0.492 e. The fourth-order valence-corrected chi connectivity index (χ4v) is 4.79. The topological polar surface area (TPSA) is 84.9 Å². The molecule has 1 saturated heterocycles. The third-order valence-electron chi connectivity index (χ3n) is 4.50. The number of morpholine rings is 1. The minimum atomic E-state index is -3.85. The summed E-state index contributed by atoms with van der Waals surface area (Å²) < 4.78 is 52.1. The van der Waals surface area contributed by atoms with E-state index in [0.717, 1.165) is 6.08 Å². The molecular formula is C21H22ClFN2O5S. The van der Waals surface area contributed by atoms with Crippen LogP contribution in [0.3, 0.4) is 0 Å². The van der Waals surface area contributed by atoms with Crippen LogP contribution in [0.4, 0.5) is 10.1 Å². The molecule has 1 heterocycles. The third kappa shape index (κ3) is 5.62. The molecule has 1 amide bonds. The van der Waals surface area contributed by atoms with Crippen molar-refractivity contribution in [3.05, 3.63) is 58.9 Å². The van der Waals surface area contributed by atoms with Gasteiger partial charge in [0.1, 0.15) is 16.5 Å². The second-order valence-electron chi connectivity index (χ2n) is 6.57. The van der Waals surface area contributed by atoms with Gasteiger partial charge in [-0.3, -0.25) is 4.79 Å². The number of nitrogens with one attached hydrogen (secondary N) is 1. The van der Waals surface area contributed by atoms with Crippen LogP contribution >= 0.6 is 11.6 Å². The molecule has 0 aromatic heterocycles. The van der Waals surface area contributed by atoms with Crippen molar-refractivity contribution in [2.24, 2.45) is 0 Å². The molecule has 0 unspecified atom stereocenters. The van der Waals surface area contributed by atoms with Crippen molar-refractivity contribution in [3.8, 4) is 5.75 Å². The first-order chi connectivity index (χ1) is 14.8. The lowest BCUT2D eigenvalue weighted by molar-refractivity contribution is -0.111. The monoisotopic (exact) mass is 468 g/mol. The molecule has 7 nitrogen and oxygen atoms in total. The van der Waals surface area contributed by atoms with E-state index in [2.05, 4.69) is 5.32 Å². The summed E-state index contributed by atoms with van der Waals surface area (Å²) in [5, 5.41) is 2.75. The Morgan fingerprint density at radius 1 is 1.29 bits per heavy atom. The summed E-state index contributed by atoms with van der Waals surface area (Å²) in [7, 11) is -3.85. The van der Waals surface area contributed by atoms with Crippen molar-refractivity contribution in [1.29, 1.82) is 0 Å². The number of nitrogens with zero attached hydrogens (tertiary/aromatic N) is 1. The predicted molar refractivity (Wildman–Crippen MR) is 116 cm³/mol. The average Bonchev–Trinajstić information content (AvgIpc) is 2.75. The normalized spacial score (nSPS) is 15.2. The summed E-state index contributed by atoms with van der Waals surface area (Å²) in [5.74, 6) is -0.935. The largest absolute Gasteiger partial charge is 0.492 e. The molecular weight excluding hydrogens is 447 g/mol. The SMILES string of the molecule is CCOc1ccc(NC(=O)/C=C/c2c(F)cccc2Cl)cc1S(=O)(=O)N1CCOCC1. The molecule has 166 valence electrons. The maximum absolute atomic E-state index is 13.8. The molecule has 0 atom stereocenters. The zero-order valence-corrected chi connectivity index (χ0v) is 18.4.